The van der Waals surface area contributed by atoms with Gasteiger partial charge in [0, 0.05) is 40.9 Å². The predicted molar refractivity (Wildman–Crippen MR) is 204 cm³/mol. The van der Waals surface area contributed by atoms with Gasteiger partial charge in [0.1, 0.15) is 18.0 Å². The van der Waals surface area contributed by atoms with E-state index in [-0.39, 0.29) is 46.8 Å². The number of nitrogens with one attached hydrogen (secondary N) is 2. The molecule has 4 aromatic carbocycles. The molecular weight excluding hydrogens is 710 g/mol. The van der Waals surface area contributed by atoms with E-state index in [2.05, 4.69) is 5.43 Å². The number of carbonyl (C=O) groups excluding carboxylic acids is 3. The van der Waals surface area contributed by atoms with Gasteiger partial charge in [-0.2, -0.15) is 0 Å². The van der Waals surface area contributed by atoms with Crippen molar-refractivity contribution in [2.75, 3.05) is 6.54 Å². The summed E-state index contributed by atoms with van der Waals surface area (Å²) in [6.45, 7) is 11.3. The summed E-state index contributed by atoms with van der Waals surface area (Å²) in [5.74, 6) is -1.34. The lowest BCUT2D eigenvalue weighted by Crippen LogP contribution is -2.41. The molecule has 1 aliphatic heterocycles. The molecule has 0 spiro atoms. The number of ketones is 1. The number of hydrazine groups is 1. The largest absolute Gasteiger partial charge is 0.457 e. The molecule has 4 aromatic rings. The van der Waals surface area contributed by atoms with Gasteiger partial charge in [0.25, 0.3) is 10.0 Å². The molecule has 2 N–H and O–H groups in total. The summed E-state index contributed by atoms with van der Waals surface area (Å²) in [5.41, 5.74) is 5.91. The van der Waals surface area contributed by atoms with E-state index in [0.29, 0.717) is 40.1 Å². The molecule has 1 aliphatic rings. The maximum Gasteiger partial charge on any atom is 0.421 e. The van der Waals surface area contributed by atoms with Crippen molar-refractivity contribution in [1.29, 1.82) is 0 Å². The number of hydrogen-bond donors (Lipinski definition) is 2. The third-order valence-corrected chi connectivity index (χ3v) is 10.0. The van der Waals surface area contributed by atoms with E-state index < -0.39 is 33.5 Å². The van der Waals surface area contributed by atoms with Gasteiger partial charge in [-0.25, -0.2) is 32.5 Å². The highest BCUT2D eigenvalue weighted by atomic mass is 32.2. The minimum absolute atomic E-state index is 0.00285. The molecule has 1 heterocycles. The fourth-order valence-electron chi connectivity index (χ4n) is 6.23. The summed E-state index contributed by atoms with van der Waals surface area (Å²) >= 11 is 0. The molecular formula is C42H46FN3O7S. The second kappa shape index (κ2) is 16.8. The minimum atomic E-state index is -4.43. The van der Waals surface area contributed by atoms with Gasteiger partial charge in [0.05, 0.1) is 16.5 Å². The molecule has 0 fully saturated rings. The van der Waals surface area contributed by atoms with Crippen LogP contribution in [0.4, 0.5) is 9.18 Å². The molecule has 0 aromatic heterocycles. The zero-order valence-electron chi connectivity index (χ0n) is 31.3. The molecule has 1 unspecified atom stereocenters. The number of nitrogens with zero attached hydrogens (tertiary/aromatic N) is 1. The van der Waals surface area contributed by atoms with E-state index in [0.717, 1.165) is 6.42 Å². The number of ether oxygens (including phenoxy) is 2. The molecule has 284 valence electrons. The Labute approximate surface area is 316 Å². The van der Waals surface area contributed by atoms with E-state index in [1.807, 2.05) is 36.6 Å². The number of amides is 1. The SMILES string of the molecule is CCCN1NC(C(C)C)C(C(=O)OCc2cccc(C(=O)c3ccccc3)c2)=C1Cc1ccc(-c2ccccc2S(=O)(=O)NC(=O)OC(C)(C)C)c(F)c1. The van der Waals surface area contributed by atoms with Crippen LogP contribution in [0.15, 0.2) is 113 Å². The van der Waals surface area contributed by atoms with Crippen LogP contribution in [-0.2, 0) is 37.3 Å². The van der Waals surface area contributed by atoms with E-state index in [1.165, 1.54) is 30.3 Å². The van der Waals surface area contributed by atoms with Crippen LogP contribution in [0.2, 0.25) is 0 Å². The Morgan fingerprint density at radius 3 is 2.22 bits per heavy atom. The molecule has 5 rings (SSSR count). The molecule has 0 aliphatic carbocycles. The minimum Gasteiger partial charge on any atom is -0.457 e. The molecule has 0 saturated carbocycles. The normalized spacial score (nSPS) is 14.7. The zero-order valence-corrected chi connectivity index (χ0v) is 32.1. The van der Waals surface area contributed by atoms with Crippen LogP contribution in [0.3, 0.4) is 0 Å². The fourth-order valence-corrected chi connectivity index (χ4v) is 7.33. The van der Waals surface area contributed by atoms with Crippen LogP contribution < -0.4 is 10.1 Å². The zero-order chi connectivity index (χ0) is 39.2. The Hall–Kier alpha value is -5.33. The first-order valence-electron chi connectivity index (χ1n) is 17.8. The highest BCUT2D eigenvalue weighted by molar-refractivity contribution is 7.90. The number of carbonyl (C=O) groups is 3. The number of rotatable bonds is 13. The Kier molecular flexibility index (Phi) is 12.4. The second-order valence-corrected chi connectivity index (χ2v) is 16.1. The summed E-state index contributed by atoms with van der Waals surface area (Å²) in [6, 6.07) is 25.9. The van der Waals surface area contributed by atoms with Crippen LogP contribution >= 0.6 is 0 Å². The van der Waals surface area contributed by atoms with Gasteiger partial charge in [-0.15, -0.1) is 0 Å². The van der Waals surface area contributed by atoms with Crippen molar-refractivity contribution in [1.82, 2.24) is 15.2 Å². The van der Waals surface area contributed by atoms with Gasteiger partial charge >= 0.3 is 12.1 Å². The quantitative estimate of drug-likeness (QED) is 0.104. The Morgan fingerprint density at radius 1 is 0.870 bits per heavy atom. The molecule has 1 amide bonds. The lowest BCUT2D eigenvalue weighted by Gasteiger charge is -2.24. The molecule has 0 radical (unpaired) electrons. The molecule has 10 nitrogen and oxygen atoms in total. The first kappa shape index (κ1) is 39.9. The number of allylic oxidation sites excluding steroid dienone is 1. The first-order valence-corrected chi connectivity index (χ1v) is 19.3. The van der Waals surface area contributed by atoms with Crippen molar-refractivity contribution >= 4 is 27.9 Å². The van der Waals surface area contributed by atoms with Gasteiger partial charge in [-0.3, -0.25) is 4.79 Å². The third kappa shape index (κ3) is 9.61. The lowest BCUT2D eigenvalue weighted by atomic mass is 9.94. The van der Waals surface area contributed by atoms with Crippen LogP contribution in [0.25, 0.3) is 11.1 Å². The number of esters is 1. The van der Waals surface area contributed by atoms with Crippen LogP contribution in [0, 0.1) is 11.7 Å². The second-order valence-electron chi connectivity index (χ2n) is 14.4. The number of sulfonamides is 1. The summed E-state index contributed by atoms with van der Waals surface area (Å²) < 4.78 is 55.4. The summed E-state index contributed by atoms with van der Waals surface area (Å²) in [5, 5.41) is 1.91. The summed E-state index contributed by atoms with van der Waals surface area (Å²) in [7, 11) is -4.43. The van der Waals surface area contributed by atoms with Crippen molar-refractivity contribution in [2.24, 2.45) is 5.92 Å². The van der Waals surface area contributed by atoms with E-state index in [1.54, 1.807) is 81.4 Å². The van der Waals surface area contributed by atoms with Crippen molar-refractivity contribution in [2.45, 2.75) is 77.5 Å². The maximum atomic E-state index is 16.0. The Morgan fingerprint density at radius 2 is 1.56 bits per heavy atom. The number of benzene rings is 4. The number of halogens is 1. The van der Waals surface area contributed by atoms with Gasteiger partial charge in [0.2, 0.25) is 0 Å². The Balaban J connectivity index is 1.42. The Bertz CT molecular complexity index is 2160. The van der Waals surface area contributed by atoms with Crippen molar-refractivity contribution in [3.63, 3.8) is 0 Å². The standard InChI is InChI=1S/C42H46FN3O7S/c1-7-22-46-35(25-28-20-21-32(34(43)24-28)33-18-11-12-19-36(33)54(50,51)45-41(49)53-42(4,5)6)37(38(44-46)27(2)3)40(48)52-26-29-14-13-17-31(23-29)39(47)30-15-9-8-10-16-30/h8-21,23-24,27,38,44H,7,22,25-26H2,1-6H3,(H,45,49). The van der Waals surface area contributed by atoms with Gasteiger partial charge < -0.3 is 14.5 Å². The van der Waals surface area contributed by atoms with Crippen LogP contribution in [0.1, 0.15) is 75.0 Å². The van der Waals surface area contributed by atoms with E-state index in [9.17, 15) is 22.8 Å². The lowest BCUT2D eigenvalue weighted by molar-refractivity contribution is -0.140. The highest BCUT2D eigenvalue weighted by Gasteiger charge is 2.38. The van der Waals surface area contributed by atoms with E-state index in [4.69, 9.17) is 9.47 Å². The first-order chi connectivity index (χ1) is 25.6. The van der Waals surface area contributed by atoms with Crippen LogP contribution in [-0.4, -0.2) is 49.5 Å². The molecule has 54 heavy (non-hydrogen) atoms. The van der Waals surface area contributed by atoms with Crippen molar-refractivity contribution < 1.29 is 36.7 Å². The molecule has 1 atom stereocenters. The fraction of sp³-hybridized carbons (Fsp3) is 0.310. The third-order valence-electron chi connectivity index (χ3n) is 8.66. The van der Waals surface area contributed by atoms with E-state index >= 15 is 4.39 Å². The average molecular weight is 756 g/mol. The molecule has 0 saturated heterocycles. The van der Waals surface area contributed by atoms with Crippen LogP contribution in [0.5, 0.6) is 0 Å². The molecule has 0 bridgehead atoms. The average Bonchev–Trinajstić information content (AvgIpc) is 3.47. The van der Waals surface area contributed by atoms with Crippen molar-refractivity contribution in [3.05, 3.63) is 136 Å². The van der Waals surface area contributed by atoms with Gasteiger partial charge in [-0.05, 0) is 62.4 Å². The topological polar surface area (TPSA) is 131 Å². The maximum absolute atomic E-state index is 16.0. The van der Waals surface area contributed by atoms with Crippen molar-refractivity contribution in [3.8, 4) is 11.1 Å². The van der Waals surface area contributed by atoms with Gasteiger partial charge in [-0.1, -0.05) is 99.6 Å². The predicted octanol–water partition coefficient (Wildman–Crippen LogP) is 7.73. The smallest absolute Gasteiger partial charge is 0.421 e. The summed E-state index contributed by atoms with van der Waals surface area (Å²) in [4.78, 5) is 39.0. The highest BCUT2D eigenvalue weighted by Crippen LogP contribution is 2.33. The molecule has 12 heteroatoms. The van der Waals surface area contributed by atoms with Gasteiger partial charge in [0.15, 0.2) is 5.78 Å². The summed E-state index contributed by atoms with van der Waals surface area (Å²) in [6.07, 6.45) is -0.204. The number of hydrogen-bond acceptors (Lipinski definition) is 9. The monoisotopic (exact) mass is 755 g/mol.